The second-order valence-electron chi connectivity index (χ2n) is 4.90. The molecule has 1 heterocycles. The zero-order valence-electron chi connectivity index (χ0n) is 11.3. The molecule has 0 saturated heterocycles. The topological polar surface area (TPSA) is 35.8 Å². The molecule has 4 heteroatoms. The Kier molecular flexibility index (Phi) is 3.42. The molecule has 0 amide bonds. The van der Waals surface area contributed by atoms with Crippen LogP contribution in [0, 0.1) is 5.82 Å². The molecule has 0 fully saturated rings. The lowest BCUT2D eigenvalue weighted by Gasteiger charge is -2.19. The van der Waals surface area contributed by atoms with Gasteiger partial charge in [-0.2, -0.15) is 5.10 Å². The quantitative estimate of drug-likeness (QED) is 0.883. The van der Waals surface area contributed by atoms with E-state index in [1.165, 1.54) is 6.07 Å². The lowest BCUT2D eigenvalue weighted by atomic mass is 9.96. The highest BCUT2D eigenvalue weighted by molar-refractivity contribution is 6.11. The van der Waals surface area contributed by atoms with Crippen LogP contribution in [0.4, 0.5) is 4.39 Å². The van der Waals surface area contributed by atoms with Crippen LogP contribution in [0.5, 0.6) is 5.75 Å². The van der Waals surface area contributed by atoms with Crippen molar-refractivity contribution in [3.63, 3.8) is 0 Å². The molecule has 1 aliphatic rings. The van der Waals surface area contributed by atoms with Crippen LogP contribution in [0.25, 0.3) is 5.57 Å². The van der Waals surface area contributed by atoms with Gasteiger partial charge in [-0.25, -0.2) is 4.39 Å². The largest absolute Gasteiger partial charge is 0.508 e. The highest BCUT2D eigenvalue weighted by Crippen LogP contribution is 2.32. The third-order valence-electron chi connectivity index (χ3n) is 3.13. The van der Waals surface area contributed by atoms with Crippen LogP contribution in [0.2, 0.25) is 0 Å². The van der Waals surface area contributed by atoms with Crippen molar-refractivity contribution in [1.82, 2.24) is 5.01 Å². The average molecular weight is 260 g/mol. The van der Waals surface area contributed by atoms with Crippen LogP contribution in [0.1, 0.15) is 30.9 Å². The summed E-state index contributed by atoms with van der Waals surface area (Å²) in [6, 6.07) is 2.99. The first-order valence-corrected chi connectivity index (χ1v) is 6.11. The maximum Gasteiger partial charge on any atom is 0.130 e. The lowest BCUT2D eigenvalue weighted by Crippen LogP contribution is -2.12. The zero-order valence-corrected chi connectivity index (χ0v) is 11.3. The maximum atomic E-state index is 14.0. The van der Waals surface area contributed by atoms with Gasteiger partial charge in [0, 0.05) is 18.2 Å². The molecule has 0 saturated carbocycles. The first-order chi connectivity index (χ1) is 8.90. The van der Waals surface area contributed by atoms with Crippen LogP contribution in [-0.2, 0) is 0 Å². The molecule has 0 bridgehead atoms. The van der Waals surface area contributed by atoms with Crippen LogP contribution < -0.4 is 0 Å². The van der Waals surface area contributed by atoms with Gasteiger partial charge in [-0.3, -0.25) is 5.01 Å². The summed E-state index contributed by atoms with van der Waals surface area (Å²) in [4.78, 5) is 0. The number of allylic oxidation sites excluding steroid dienone is 2. The van der Waals surface area contributed by atoms with E-state index >= 15 is 0 Å². The molecule has 19 heavy (non-hydrogen) atoms. The molecular weight excluding hydrogens is 243 g/mol. The summed E-state index contributed by atoms with van der Waals surface area (Å²) in [7, 11) is 1.78. The van der Waals surface area contributed by atoms with Crippen LogP contribution >= 0.6 is 0 Å². The fourth-order valence-electron chi connectivity index (χ4n) is 2.03. The number of nitrogens with zero attached hydrogens (tertiary/aromatic N) is 2. The number of phenolic OH excluding ortho intramolecular Hbond substituents is 1. The Morgan fingerprint density at radius 3 is 2.58 bits per heavy atom. The number of likely N-dealkylation sites (N-methyl/N-ethyl adjacent to an activating group) is 1. The van der Waals surface area contributed by atoms with Crippen molar-refractivity contribution >= 4 is 11.8 Å². The van der Waals surface area contributed by atoms with E-state index in [4.69, 9.17) is 0 Å². The highest BCUT2D eigenvalue weighted by atomic mass is 19.1. The Labute approximate surface area is 112 Å². The van der Waals surface area contributed by atoms with Gasteiger partial charge in [-0.1, -0.05) is 20.4 Å². The minimum atomic E-state index is -0.399. The number of benzene rings is 1. The van der Waals surface area contributed by atoms with Gasteiger partial charge in [0.15, 0.2) is 0 Å². The summed E-state index contributed by atoms with van der Waals surface area (Å²) in [6.45, 7) is 7.53. The average Bonchev–Trinajstić information content (AvgIpc) is 2.31. The van der Waals surface area contributed by atoms with Crippen molar-refractivity contribution in [2.24, 2.45) is 5.10 Å². The molecule has 1 N–H and O–H groups in total. The molecule has 100 valence electrons. The molecule has 0 atom stereocenters. The van der Waals surface area contributed by atoms with Crippen molar-refractivity contribution in [1.29, 1.82) is 0 Å². The Hall–Kier alpha value is -2.10. The first kappa shape index (κ1) is 13.3. The van der Waals surface area contributed by atoms with Crippen molar-refractivity contribution < 1.29 is 9.50 Å². The van der Waals surface area contributed by atoms with E-state index in [1.807, 2.05) is 13.8 Å². The van der Waals surface area contributed by atoms with Gasteiger partial charge in [-0.15, -0.1) is 0 Å². The Balaban J connectivity index is 2.46. The van der Waals surface area contributed by atoms with Crippen LogP contribution in [0.3, 0.4) is 0 Å². The van der Waals surface area contributed by atoms with Crippen molar-refractivity contribution in [2.45, 2.75) is 19.8 Å². The minimum Gasteiger partial charge on any atom is -0.508 e. The lowest BCUT2D eigenvalue weighted by molar-refractivity contribution is 0.453. The molecule has 0 aliphatic carbocycles. The number of hydrazone groups is 1. The number of hydrogen-bond donors (Lipinski definition) is 1. The second-order valence-corrected chi connectivity index (χ2v) is 4.90. The Bertz CT molecular complexity index is 565. The van der Waals surface area contributed by atoms with Gasteiger partial charge >= 0.3 is 0 Å². The fraction of sp³-hybridized carbons (Fsp3) is 0.267. The van der Waals surface area contributed by atoms with E-state index < -0.39 is 5.82 Å². The Morgan fingerprint density at radius 2 is 2.05 bits per heavy atom. The van der Waals surface area contributed by atoms with Gasteiger partial charge < -0.3 is 5.11 Å². The molecule has 0 spiro atoms. The number of phenols is 1. The minimum absolute atomic E-state index is 0.0242. The highest BCUT2D eigenvalue weighted by Gasteiger charge is 2.16. The first-order valence-electron chi connectivity index (χ1n) is 6.11. The Morgan fingerprint density at radius 1 is 1.37 bits per heavy atom. The molecular formula is C15H17FN2O. The monoisotopic (exact) mass is 260 g/mol. The van der Waals surface area contributed by atoms with E-state index in [1.54, 1.807) is 30.4 Å². The number of hydrogen-bond acceptors (Lipinski definition) is 3. The molecule has 0 radical (unpaired) electrons. The summed E-state index contributed by atoms with van der Waals surface area (Å²) in [6.07, 6.45) is 3.42. The van der Waals surface area contributed by atoms with Crippen molar-refractivity contribution in [2.75, 3.05) is 7.05 Å². The van der Waals surface area contributed by atoms with E-state index in [9.17, 15) is 9.50 Å². The van der Waals surface area contributed by atoms with E-state index in [0.29, 0.717) is 16.8 Å². The molecule has 1 aromatic carbocycles. The molecule has 2 rings (SSSR count). The smallest absolute Gasteiger partial charge is 0.130 e. The van der Waals surface area contributed by atoms with Crippen molar-refractivity contribution in [3.8, 4) is 5.75 Å². The number of halogens is 1. The van der Waals surface area contributed by atoms with Crippen LogP contribution in [0.15, 0.2) is 35.6 Å². The summed E-state index contributed by atoms with van der Waals surface area (Å²) < 4.78 is 14.0. The van der Waals surface area contributed by atoms with E-state index in [0.717, 1.165) is 5.57 Å². The molecule has 3 nitrogen and oxygen atoms in total. The predicted octanol–water partition coefficient (Wildman–Crippen LogP) is 3.48. The van der Waals surface area contributed by atoms with Crippen molar-refractivity contribution in [3.05, 3.63) is 47.4 Å². The van der Waals surface area contributed by atoms with Gasteiger partial charge in [0.05, 0.1) is 11.9 Å². The normalized spacial score (nSPS) is 15.1. The van der Waals surface area contributed by atoms with Gasteiger partial charge in [-0.05, 0) is 29.7 Å². The van der Waals surface area contributed by atoms with Crippen LogP contribution in [-0.4, -0.2) is 23.4 Å². The zero-order chi connectivity index (χ0) is 14.2. The SMILES string of the molecule is C=C1C=C(c2cc(O)c(C(C)C)c(F)c2)C=NN1C. The molecule has 0 unspecified atom stereocenters. The molecule has 0 aromatic heterocycles. The second kappa shape index (κ2) is 4.88. The summed E-state index contributed by atoms with van der Waals surface area (Å²) >= 11 is 0. The molecule has 1 aromatic rings. The molecule has 1 aliphatic heterocycles. The number of rotatable bonds is 2. The maximum absolute atomic E-state index is 14.0. The van der Waals surface area contributed by atoms with Gasteiger partial charge in [0.2, 0.25) is 0 Å². The van der Waals surface area contributed by atoms with E-state index in [2.05, 4.69) is 11.7 Å². The summed E-state index contributed by atoms with van der Waals surface area (Å²) in [5.74, 6) is -0.489. The number of aromatic hydroxyl groups is 1. The predicted molar refractivity (Wildman–Crippen MR) is 75.5 cm³/mol. The fourth-order valence-corrected chi connectivity index (χ4v) is 2.03. The standard InChI is InChI=1S/C15H17FN2O/c1-9(2)15-13(16)6-11(7-14(15)19)12-5-10(3)18(4)17-8-12/h5-9,19H,3H2,1-2,4H3. The van der Waals surface area contributed by atoms with Gasteiger partial charge in [0.1, 0.15) is 11.6 Å². The third-order valence-corrected chi connectivity index (χ3v) is 3.13. The summed E-state index contributed by atoms with van der Waals surface area (Å²) in [5, 5.41) is 15.7. The third kappa shape index (κ3) is 2.52. The van der Waals surface area contributed by atoms with E-state index in [-0.39, 0.29) is 11.7 Å². The summed E-state index contributed by atoms with van der Waals surface area (Å²) in [5.41, 5.74) is 2.38. The van der Waals surface area contributed by atoms with Gasteiger partial charge in [0.25, 0.3) is 0 Å².